The lowest BCUT2D eigenvalue weighted by atomic mass is 10.1. The molecule has 4 rings (SSSR count). The van der Waals surface area contributed by atoms with Gasteiger partial charge < -0.3 is 10.1 Å². The maximum atomic E-state index is 12.6. The number of carbonyl (C=O) groups is 1. The maximum absolute atomic E-state index is 12.6. The van der Waals surface area contributed by atoms with Crippen LogP contribution in [0.4, 0.5) is 0 Å². The maximum Gasteiger partial charge on any atom is 0.222 e. The number of carbonyl (C=O) groups excluding carboxylic acids is 1. The largest absolute Gasteiger partial charge is 0.497 e. The number of aromatic nitrogens is 3. The lowest BCUT2D eigenvalue weighted by Gasteiger charge is -2.15. The molecule has 3 aromatic rings. The van der Waals surface area contributed by atoms with E-state index < -0.39 is 0 Å². The Bertz CT molecular complexity index is 1090. The number of aromatic amines is 1. The number of hydrogen-bond donors (Lipinski definition) is 2. The first-order valence-electron chi connectivity index (χ1n) is 9.42. The van der Waals surface area contributed by atoms with Gasteiger partial charge in [-0.05, 0) is 72.6 Å². The predicted molar refractivity (Wildman–Crippen MR) is 115 cm³/mol. The van der Waals surface area contributed by atoms with E-state index in [1.807, 2.05) is 47.0 Å². The van der Waals surface area contributed by atoms with Crippen molar-refractivity contribution in [3.8, 4) is 17.1 Å². The molecule has 1 amide bonds. The number of benzene rings is 2. The second-order valence-corrected chi connectivity index (χ2v) is 7.81. The predicted octanol–water partition coefficient (Wildman–Crippen LogP) is 4.46. The molecule has 0 aliphatic heterocycles. The monoisotopic (exact) mass is 428 g/mol. The summed E-state index contributed by atoms with van der Waals surface area (Å²) in [5.74, 6) is 1.46. The van der Waals surface area contributed by atoms with Crippen molar-refractivity contribution in [2.45, 2.75) is 31.8 Å². The van der Waals surface area contributed by atoms with E-state index >= 15 is 0 Å². The number of H-pyrrole nitrogens is 1. The Hall–Kier alpha value is -2.64. The van der Waals surface area contributed by atoms with Crippen molar-refractivity contribution in [1.82, 2.24) is 20.1 Å². The van der Waals surface area contributed by atoms with Crippen molar-refractivity contribution in [1.29, 1.82) is 0 Å². The van der Waals surface area contributed by atoms with Crippen LogP contribution in [0.2, 0.25) is 5.02 Å². The molecule has 1 aliphatic rings. The minimum atomic E-state index is -0.0124. The van der Waals surface area contributed by atoms with E-state index in [4.69, 9.17) is 28.6 Å². The van der Waals surface area contributed by atoms with Gasteiger partial charge in [-0.1, -0.05) is 17.7 Å². The smallest absolute Gasteiger partial charge is 0.222 e. The second-order valence-electron chi connectivity index (χ2n) is 6.98. The van der Waals surface area contributed by atoms with E-state index in [-0.39, 0.29) is 11.9 Å². The molecule has 0 fully saturated rings. The van der Waals surface area contributed by atoms with Crippen LogP contribution in [0.5, 0.6) is 5.75 Å². The van der Waals surface area contributed by atoms with Crippen LogP contribution in [0.1, 0.15) is 30.0 Å². The average Bonchev–Trinajstić information content (AvgIpc) is 3.29. The molecule has 2 aromatic carbocycles. The number of rotatable bonds is 6. The van der Waals surface area contributed by atoms with Crippen molar-refractivity contribution < 1.29 is 9.53 Å². The fourth-order valence-corrected chi connectivity index (χ4v) is 4.12. The number of fused-ring (bicyclic) bond motifs is 1. The van der Waals surface area contributed by atoms with Gasteiger partial charge in [0.2, 0.25) is 5.91 Å². The molecule has 150 valence electrons. The molecular formula is C21H21ClN4O2S. The highest BCUT2D eigenvalue weighted by molar-refractivity contribution is 7.71. The highest BCUT2D eigenvalue weighted by Gasteiger charge is 2.24. The van der Waals surface area contributed by atoms with Crippen LogP contribution < -0.4 is 10.1 Å². The van der Waals surface area contributed by atoms with E-state index in [1.165, 1.54) is 5.56 Å². The van der Waals surface area contributed by atoms with E-state index in [9.17, 15) is 4.79 Å². The summed E-state index contributed by atoms with van der Waals surface area (Å²) in [6.45, 7) is 0.447. The van der Waals surface area contributed by atoms with Crippen LogP contribution in [0.3, 0.4) is 0 Å². The summed E-state index contributed by atoms with van der Waals surface area (Å²) in [6.07, 6.45) is 2.13. The number of aryl methyl sites for hydroxylation is 1. The summed E-state index contributed by atoms with van der Waals surface area (Å²) in [5, 5.41) is 11.0. The summed E-state index contributed by atoms with van der Waals surface area (Å²) < 4.78 is 7.53. The number of hydrogen-bond acceptors (Lipinski definition) is 4. The van der Waals surface area contributed by atoms with Gasteiger partial charge in [-0.25, -0.2) is 0 Å². The Kier molecular flexibility index (Phi) is 5.69. The lowest BCUT2D eigenvalue weighted by Crippen LogP contribution is -2.28. The summed E-state index contributed by atoms with van der Waals surface area (Å²) >= 11 is 11.4. The van der Waals surface area contributed by atoms with E-state index in [0.717, 1.165) is 34.7 Å². The molecule has 1 aromatic heterocycles. The van der Waals surface area contributed by atoms with Crippen LogP contribution in [0, 0.1) is 4.77 Å². The van der Waals surface area contributed by atoms with Crippen molar-refractivity contribution in [2.24, 2.45) is 0 Å². The first kappa shape index (κ1) is 19.7. The molecule has 0 spiro atoms. The highest BCUT2D eigenvalue weighted by Crippen LogP contribution is 2.32. The van der Waals surface area contributed by atoms with E-state index in [0.29, 0.717) is 23.6 Å². The molecule has 1 heterocycles. The number of amides is 1. The average molecular weight is 429 g/mol. The molecule has 1 aliphatic carbocycles. The third kappa shape index (κ3) is 4.21. The summed E-state index contributed by atoms with van der Waals surface area (Å²) in [7, 11) is 1.63. The number of nitrogens with one attached hydrogen (secondary N) is 2. The van der Waals surface area contributed by atoms with E-state index in [1.54, 1.807) is 7.11 Å². The molecule has 2 N–H and O–H groups in total. The molecule has 0 saturated heterocycles. The lowest BCUT2D eigenvalue weighted by molar-refractivity contribution is -0.122. The number of halogens is 1. The quantitative estimate of drug-likeness (QED) is 0.568. The van der Waals surface area contributed by atoms with Gasteiger partial charge >= 0.3 is 0 Å². The van der Waals surface area contributed by atoms with Gasteiger partial charge in [0.1, 0.15) is 5.75 Å². The SMILES string of the molecule is COc1ccc(-c2n[nH]c(=S)n2CCC(=O)NC2CCc3cc(Cl)ccc32)cc1. The van der Waals surface area contributed by atoms with Crippen molar-refractivity contribution in [2.75, 3.05) is 7.11 Å². The Morgan fingerprint density at radius 1 is 1.34 bits per heavy atom. The molecule has 1 atom stereocenters. The van der Waals surface area contributed by atoms with Gasteiger partial charge in [-0.2, -0.15) is 5.10 Å². The summed E-state index contributed by atoms with van der Waals surface area (Å²) in [6, 6.07) is 13.5. The van der Waals surface area contributed by atoms with Crippen molar-refractivity contribution >= 4 is 29.7 Å². The third-order valence-corrected chi connectivity index (χ3v) is 5.73. The fourth-order valence-electron chi connectivity index (χ4n) is 3.70. The minimum Gasteiger partial charge on any atom is -0.497 e. The zero-order valence-corrected chi connectivity index (χ0v) is 17.5. The molecule has 29 heavy (non-hydrogen) atoms. The van der Waals surface area contributed by atoms with Crippen molar-refractivity contribution in [3.63, 3.8) is 0 Å². The third-order valence-electron chi connectivity index (χ3n) is 5.19. The zero-order valence-electron chi connectivity index (χ0n) is 15.9. The molecule has 0 saturated carbocycles. The standard InChI is InChI=1S/C21H21ClN4O2S/c1-28-16-6-2-13(3-7-16)20-24-25-21(29)26(20)11-10-19(27)23-18-9-4-14-12-15(22)5-8-17(14)18/h2-3,5-8,12,18H,4,9-11H2,1H3,(H,23,27)(H,25,29). The normalized spacial score (nSPS) is 15.2. The second kappa shape index (κ2) is 8.39. The fraction of sp³-hybridized carbons (Fsp3) is 0.286. The number of nitrogens with zero attached hydrogens (tertiary/aromatic N) is 2. The Labute approximate surface area is 178 Å². The Balaban J connectivity index is 1.43. The van der Waals surface area contributed by atoms with Gasteiger partial charge in [0.15, 0.2) is 10.6 Å². The van der Waals surface area contributed by atoms with Gasteiger partial charge in [-0.3, -0.25) is 14.5 Å². The Morgan fingerprint density at radius 3 is 2.90 bits per heavy atom. The number of methoxy groups -OCH3 is 1. The van der Waals surface area contributed by atoms with Crippen molar-refractivity contribution in [3.05, 3.63) is 63.4 Å². The highest BCUT2D eigenvalue weighted by atomic mass is 35.5. The van der Waals surface area contributed by atoms with Crippen LogP contribution in [0.25, 0.3) is 11.4 Å². The summed E-state index contributed by atoms with van der Waals surface area (Å²) in [4.78, 5) is 12.6. The summed E-state index contributed by atoms with van der Waals surface area (Å²) in [5.41, 5.74) is 3.27. The van der Waals surface area contributed by atoms with Crippen LogP contribution in [-0.4, -0.2) is 27.8 Å². The van der Waals surface area contributed by atoms with Gasteiger partial charge in [0.05, 0.1) is 13.2 Å². The first-order chi connectivity index (χ1) is 14.0. The minimum absolute atomic E-state index is 0.0124. The van der Waals surface area contributed by atoms with Gasteiger partial charge in [0.25, 0.3) is 0 Å². The van der Waals surface area contributed by atoms with Crippen LogP contribution in [-0.2, 0) is 17.8 Å². The molecule has 6 nitrogen and oxygen atoms in total. The van der Waals surface area contributed by atoms with Crippen LogP contribution >= 0.6 is 23.8 Å². The first-order valence-corrected chi connectivity index (χ1v) is 10.2. The molecule has 8 heteroatoms. The topological polar surface area (TPSA) is 71.9 Å². The molecule has 0 bridgehead atoms. The van der Waals surface area contributed by atoms with Gasteiger partial charge in [0, 0.05) is 23.6 Å². The molecule has 0 radical (unpaired) electrons. The Morgan fingerprint density at radius 2 is 2.14 bits per heavy atom. The zero-order chi connectivity index (χ0) is 20.4. The van der Waals surface area contributed by atoms with Crippen LogP contribution in [0.15, 0.2) is 42.5 Å². The molecule has 1 unspecified atom stereocenters. The van der Waals surface area contributed by atoms with E-state index in [2.05, 4.69) is 15.5 Å². The molecular weight excluding hydrogens is 408 g/mol. The number of ether oxygens (including phenoxy) is 1. The van der Waals surface area contributed by atoms with Gasteiger partial charge in [-0.15, -0.1) is 0 Å².